The predicted octanol–water partition coefficient (Wildman–Crippen LogP) is 16.6. The number of hydrogen-bond donors (Lipinski definition) is 0. The molecule has 0 aliphatic rings. The molecule has 0 radical (unpaired) electrons. The molecule has 0 aromatic heterocycles. The molecular formula is C61H115NO7. The van der Waals surface area contributed by atoms with E-state index in [1.54, 1.807) is 0 Å². The van der Waals surface area contributed by atoms with Crippen LogP contribution in [0.25, 0.3) is 0 Å². The zero-order valence-corrected chi connectivity index (χ0v) is 46.5. The lowest BCUT2D eigenvalue weighted by Crippen LogP contribution is -2.55. The van der Waals surface area contributed by atoms with Crippen molar-refractivity contribution in [2.45, 2.75) is 309 Å². The number of likely N-dealkylation sites (N-methyl/N-ethyl adjacent to an activating group) is 1. The van der Waals surface area contributed by atoms with E-state index in [-0.39, 0.29) is 42.7 Å². The van der Waals surface area contributed by atoms with Gasteiger partial charge in [-0.15, -0.1) is 0 Å². The molecule has 0 fully saturated rings. The van der Waals surface area contributed by atoms with Gasteiger partial charge in [0.1, 0.15) is 12.6 Å². The molecule has 0 saturated heterocycles. The minimum Gasteiger partial charge on any atom is -0.544 e. The summed E-state index contributed by atoms with van der Waals surface area (Å²) < 4.78 is 17.3. The van der Waals surface area contributed by atoms with Crippen LogP contribution in [0.1, 0.15) is 296 Å². The van der Waals surface area contributed by atoms with Gasteiger partial charge in [-0.1, -0.05) is 256 Å². The lowest BCUT2D eigenvalue weighted by atomic mass is 10.0. The molecule has 0 saturated carbocycles. The molecule has 0 aromatic carbocycles. The predicted molar refractivity (Wildman–Crippen MR) is 291 cm³/mol. The zero-order valence-electron chi connectivity index (χ0n) is 46.5. The first kappa shape index (κ1) is 66.8. The van der Waals surface area contributed by atoms with Gasteiger partial charge in [-0.25, -0.2) is 0 Å². The van der Waals surface area contributed by atoms with Crippen molar-refractivity contribution >= 4 is 17.9 Å². The van der Waals surface area contributed by atoms with E-state index in [4.69, 9.17) is 14.2 Å². The normalized spacial score (nSPS) is 12.9. The molecule has 0 aromatic rings. The lowest BCUT2D eigenvalue weighted by molar-refractivity contribution is -0.889. The highest BCUT2D eigenvalue weighted by molar-refractivity contribution is 5.70. The van der Waals surface area contributed by atoms with E-state index in [1.807, 2.05) is 21.1 Å². The third kappa shape index (κ3) is 50.5. The van der Waals surface area contributed by atoms with Crippen molar-refractivity contribution < 1.29 is 38.2 Å². The average Bonchev–Trinajstić information content (AvgIpc) is 3.31. The van der Waals surface area contributed by atoms with Crippen LogP contribution in [-0.2, 0) is 28.6 Å². The van der Waals surface area contributed by atoms with Crippen LogP contribution in [0.4, 0.5) is 0 Å². The summed E-state index contributed by atoms with van der Waals surface area (Å²) in [5.41, 5.74) is 0. The molecule has 8 nitrogen and oxygen atoms in total. The molecule has 0 spiro atoms. The van der Waals surface area contributed by atoms with Gasteiger partial charge in [0.2, 0.25) is 0 Å². The van der Waals surface area contributed by atoms with Gasteiger partial charge in [0.25, 0.3) is 0 Å². The monoisotopic (exact) mass is 974 g/mol. The second kappa shape index (κ2) is 52.1. The number of rotatable bonds is 55. The van der Waals surface area contributed by atoms with E-state index in [2.05, 4.69) is 38.2 Å². The van der Waals surface area contributed by atoms with Crippen molar-refractivity contribution in [1.29, 1.82) is 0 Å². The minimum absolute atomic E-state index is 0.0432. The molecule has 0 rings (SSSR count). The topological polar surface area (TPSA) is 102 Å². The quantitative estimate of drug-likeness (QED) is 0.0259. The largest absolute Gasteiger partial charge is 0.544 e. The second-order valence-electron chi connectivity index (χ2n) is 21.6. The molecule has 0 N–H and O–H groups in total. The van der Waals surface area contributed by atoms with E-state index in [1.165, 1.54) is 212 Å². The molecule has 2 unspecified atom stereocenters. The summed E-state index contributed by atoms with van der Waals surface area (Å²) in [5.74, 6) is -1.72. The summed E-state index contributed by atoms with van der Waals surface area (Å²) in [6.45, 7) is 4.72. The highest BCUT2D eigenvalue weighted by Gasteiger charge is 2.25. The van der Waals surface area contributed by atoms with Gasteiger partial charge in [0, 0.05) is 19.3 Å². The van der Waals surface area contributed by atoms with Crippen LogP contribution in [0, 0.1) is 0 Å². The number of nitrogens with zero attached hydrogens (tertiary/aromatic N) is 1. The number of allylic oxidation sites excluding steroid dienone is 4. The molecule has 0 heterocycles. The van der Waals surface area contributed by atoms with Crippen LogP contribution in [-0.4, -0.2) is 75.5 Å². The zero-order chi connectivity index (χ0) is 50.6. The van der Waals surface area contributed by atoms with Crippen molar-refractivity contribution in [3.63, 3.8) is 0 Å². The van der Waals surface area contributed by atoms with Gasteiger partial charge < -0.3 is 28.6 Å². The summed E-state index contributed by atoms with van der Waals surface area (Å²) in [4.78, 5) is 37.2. The van der Waals surface area contributed by atoms with Crippen LogP contribution in [0.3, 0.4) is 0 Å². The molecular weight excluding hydrogens is 859 g/mol. The first-order valence-corrected chi connectivity index (χ1v) is 29.9. The Morgan fingerprint density at radius 1 is 0.435 bits per heavy atom. The first-order chi connectivity index (χ1) is 33.6. The summed E-state index contributed by atoms with van der Waals surface area (Å²) in [5, 5.41) is 11.7. The van der Waals surface area contributed by atoms with Gasteiger partial charge in [-0.2, -0.15) is 0 Å². The number of carboxylic acid groups (broad SMARTS) is 1. The lowest BCUT2D eigenvalue weighted by Gasteiger charge is -2.34. The Labute approximate surface area is 428 Å². The molecule has 69 heavy (non-hydrogen) atoms. The number of carboxylic acids is 1. The molecule has 0 amide bonds. The number of ether oxygens (including phenoxy) is 3. The maximum Gasteiger partial charge on any atom is 0.306 e. The average molecular weight is 975 g/mol. The molecule has 0 bridgehead atoms. The molecule has 8 heteroatoms. The van der Waals surface area contributed by atoms with Crippen LogP contribution < -0.4 is 5.11 Å². The molecule has 0 aliphatic carbocycles. The number of esters is 2. The number of hydrogen-bond acceptors (Lipinski definition) is 7. The SMILES string of the molecule is CCCCCCCCCCC/C=C/C/C=C/CCCCCCCCCC(=O)OCC(COCCC(C(=O)[O-])[N+](C)(C)C)OC(=O)CCCCCCCCCCCCCCCCCCCCCCCC. The molecule has 2 atom stereocenters. The maximum atomic E-state index is 12.8. The van der Waals surface area contributed by atoms with E-state index in [0.29, 0.717) is 12.8 Å². The van der Waals surface area contributed by atoms with Gasteiger partial charge in [0.15, 0.2) is 6.10 Å². The van der Waals surface area contributed by atoms with Gasteiger partial charge in [0.05, 0.1) is 40.3 Å². The van der Waals surface area contributed by atoms with Crippen LogP contribution in [0.15, 0.2) is 24.3 Å². The first-order valence-electron chi connectivity index (χ1n) is 29.9. The Morgan fingerprint density at radius 3 is 1.12 bits per heavy atom. The van der Waals surface area contributed by atoms with E-state index < -0.39 is 18.1 Å². The fourth-order valence-electron chi connectivity index (χ4n) is 9.22. The molecule has 406 valence electrons. The van der Waals surface area contributed by atoms with Gasteiger partial charge in [-0.05, 0) is 44.9 Å². The number of aliphatic carboxylic acids is 1. The highest BCUT2D eigenvalue weighted by atomic mass is 16.6. The van der Waals surface area contributed by atoms with E-state index in [0.717, 1.165) is 51.4 Å². The fourth-order valence-corrected chi connectivity index (χ4v) is 9.22. The summed E-state index contributed by atoms with van der Waals surface area (Å²) in [6.07, 6.45) is 62.3. The summed E-state index contributed by atoms with van der Waals surface area (Å²) in [6, 6.07) is -0.726. The van der Waals surface area contributed by atoms with Gasteiger partial charge >= 0.3 is 11.9 Å². The number of carbonyl (C=O) groups excluding carboxylic acids is 3. The highest BCUT2D eigenvalue weighted by Crippen LogP contribution is 2.17. The van der Waals surface area contributed by atoms with Gasteiger partial charge in [-0.3, -0.25) is 9.59 Å². The number of quaternary nitrogens is 1. The third-order valence-electron chi connectivity index (χ3n) is 13.8. The Hall–Kier alpha value is -2.19. The third-order valence-corrected chi connectivity index (χ3v) is 13.8. The van der Waals surface area contributed by atoms with Crippen LogP contribution in [0.5, 0.6) is 0 Å². The van der Waals surface area contributed by atoms with Crippen molar-refractivity contribution in [2.24, 2.45) is 0 Å². The Kier molecular flexibility index (Phi) is 50.5. The summed E-state index contributed by atoms with van der Waals surface area (Å²) >= 11 is 0. The van der Waals surface area contributed by atoms with Crippen molar-refractivity contribution in [1.82, 2.24) is 0 Å². The minimum atomic E-state index is -1.12. The maximum absolute atomic E-state index is 12.8. The Bertz CT molecular complexity index is 1180. The Balaban J connectivity index is 4.13. The Morgan fingerprint density at radius 2 is 0.768 bits per heavy atom. The van der Waals surface area contributed by atoms with E-state index >= 15 is 0 Å². The van der Waals surface area contributed by atoms with Crippen LogP contribution in [0.2, 0.25) is 0 Å². The summed E-state index contributed by atoms with van der Waals surface area (Å²) in [7, 11) is 5.43. The number of unbranched alkanes of at least 4 members (excludes halogenated alkanes) is 37. The fraction of sp³-hybridized carbons (Fsp3) is 0.885. The molecule has 0 aliphatic heterocycles. The van der Waals surface area contributed by atoms with Crippen molar-refractivity contribution in [3.05, 3.63) is 24.3 Å². The number of carbonyl (C=O) groups is 3. The standard InChI is InChI=1S/C61H115NO7/c1-6-8-10-12-14-16-18-20-22-24-26-28-30-32-33-35-37-39-41-43-45-47-49-51-59(63)68-56-57(55-67-54-53-58(61(65)66)62(3,4)5)69-60(64)52-50-48-46-44-42-40-38-36-34-31-29-27-25-23-21-19-17-15-13-11-9-7-2/h26,28,32-33,57-58H,6-25,27,29-31,34-56H2,1-5H3/b28-26+,33-32+. The van der Waals surface area contributed by atoms with Crippen molar-refractivity contribution in [2.75, 3.05) is 41.0 Å². The van der Waals surface area contributed by atoms with Crippen LogP contribution >= 0.6 is 0 Å². The smallest absolute Gasteiger partial charge is 0.306 e. The second-order valence-corrected chi connectivity index (χ2v) is 21.6. The van der Waals surface area contributed by atoms with Crippen molar-refractivity contribution in [3.8, 4) is 0 Å². The van der Waals surface area contributed by atoms with E-state index in [9.17, 15) is 19.5 Å².